The summed E-state index contributed by atoms with van der Waals surface area (Å²) in [6, 6.07) is 7.22. The average molecular weight is 238 g/mol. The molecule has 1 rings (SSSR count). The van der Waals surface area contributed by atoms with Crippen molar-refractivity contribution in [2.45, 2.75) is 13.8 Å². The lowest BCUT2D eigenvalue weighted by Gasteiger charge is -2.16. The molecule has 0 amide bonds. The normalized spacial score (nSPS) is 13.8. The third-order valence-electron chi connectivity index (χ3n) is 2.82. The van der Waals surface area contributed by atoms with E-state index < -0.39 is 11.9 Å². The monoisotopic (exact) mass is 238 g/mol. The van der Waals surface area contributed by atoms with Gasteiger partial charge in [-0.15, -0.1) is 0 Å². The van der Waals surface area contributed by atoms with Crippen LogP contribution in [0, 0.1) is 11.8 Å². The molecule has 94 valence electrons. The van der Waals surface area contributed by atoms with Gasteiger partial charge in [-0.2, -0.15) is 0 Å². The van der Waals surface area contributed by atoms with Crippen LogP contribution in [0.15, 0.2) is 24.3 Å². The number of carbonyl (C=O) groups is 1. The Morgan fingerprint density at radius 1 is 1.24 bits per heavy atom. The van der Waals surface area contributed by atoms with E-state index in [1.807, 2.05) is 6.92 Å². The minimum atomic E-state index is -0.796. The van der Waals surface area contributed by atoms with E-state index in [-0.39, 0.29) is 5.92 Å². The van der Waals surface area contributed by atoms with Crippen LogP contribution in [-0.2, 0) is 4.79 Å². The largest absolute Gasteiger partial charge is 0.497 e. The summed E-state index contributed by atoms with van der Waals surface area (Å²) in [6.45, 7) is 3.94. The van der Waals surface area contributed by atoms with Crippen LogP contribution in [0.2, 0.25) is 0 Å². The van der Waals surface area contributed by atoms with Crippen molar-refractivity contribution >= 4 is 5.97 Å². The van der Waals surface area contributed by atoms with Crippen molar-refractivity contribution in [2.75, 3.05) is 13.7 Å². The first-order valence-electron chi connectivity index (χ1n) is 5.54. The van der Waals surface area contributed by atoms with Gasteiger partial charge in [-0.25, -0.2) is 0 Å². The Morgan fingerprint density at radius 2 is 1.76 bits per heavy atom. The third-order valence-corrected chi connectivity index (χ3v) is 2.82. The zero-order chi connectivity index (χ0) is 12.8. The minimum absolute atomic E-state index is 0.0328. The number of carboxylic acids is 1. The number of rotatable bonds is 6. The second-order valence-electron chi connectivity index (χ2n) is 4.09. The van der Waals surface area contributed by atoms with Crippen molar-refractivity contribution in [3.63, 3.8) is 0 Å². The fourth-order valence-electron chi connectivity index (χ4n) is 1.29. The van der Waals surface area contributed by atoms with E-state index in [0.29, 0.717) is 6.61 Å². The summed E-state index contributed by atoms with van der Waals surface area (Å²) >= 11 is 0. The molecule has 2 atom stereocenters. The summed E-state index contributed by atoms with van der Waals surface area (Å²) in [6.07, 6.45) is 0. The number of hydrogen-bond acceptors (Lipinski definition) is 3. The van der Waals surface area contributed by atoms with Gasteiger partial charge >= 0.3 is 5.97 Å². The van der Waals surface area contributed by atoms with Crippen LogP contribution in [0.25, 0.3) is 0 Å². The van der Waals surface area contributed by atoms with Crippen molar-refractivity contribution in [3.05, 3.63) is 24.3 Å². The zero-order valence-electron chi connectivity index (χ0n) is 10.3. The highest BCUT2D eigenvalue weighted by molar-refractivity contribution is 5.69. The highest BCUT2D eigenvalue weighted by Crippen LogP contribution is 2.19. The molecule has 2 unspecified atom stereocenters. The Bertz CT molecular complexity index is 358. The molecule has 17 heavy (non-hydrogen) atoms. The number of aliphatic carboxylic acids is 1. The molecule has 0 aromatic heterocycles. The van der Waals surface area contributed by atoms with Crippen molar-refractivity contribution in [1.82, 2.24) is 0 Å². The molecule has 0 aliphatic carbocycles. The molecule has 1 aromatic rings. The van der Waals surface area contributed by atoms with Gasteiger partial charge in [-0.05, 0) is 24.3 Å². The number of carboxylic acid groups (broad SMARTS) is 1. The third kappa shape index (κ3) is 3.98. The first-order chi connectivity index (χ1) is 8.04. The fraction of sp³-hybridized carbons (Fsp3) is 0.462. The van der Waals surface area contributed by atoms with Crippen LogP contribution < -0.4 is 9.47 Å². The molecule has 0 fully saturated rings. The topological polar surface area (TPSA) is 55.8 Å². The van der Waals surface area contributed by atoms with Gasteiger partial charge in [0, 0.05) is 5.92 Å². The lowest BCUT2D eigenvalue weighted by molar-refractivity contribution is -0.143. The molecular formula is C13H18O4. The predicted octanol–water partition coefficient (Wildman–Crippen LogP) is 2.43. The standard InChI is InChI=1S/C13H18O4/c1-9(10(2)13(14)15)8-17-12-6-4-11(16-3)5-7-12/h4-7,9-10H,8H2,1-3H3,(H,14,15). The molecule has 0 saturated heterocycles. The highest BCUT2D eigenvalue weighted by Gasteiger charge is 2.19. The maximum absolute atomic E-state index is 10.8. The van der Waals surface area contributed by atoms with Gasteiger partial charge in [0.05, 0.1) is 19.6 Å². The number of hydrogen-bond donors (Lipinski definition) is 1. The fourth-order valence-corrected chi connectivity index (χ4v) is 1.29. The predicted molar refractivity (Wildman–Crippen MR) is 64.5 cm³/mol. The molecule has 0 spiro atoms. The molecule has 0 radical (unpaired) electrons. The number of ether oxygens (including phenoxy) is 2. The minimum Gasteiger partial charge on any atom is -0.497 e. The maximum atomic E-state index is 10.8. The van der Waals surface area contributed by atoms with E-state index in [2.05, 4.69) is 0 Å². The second-order valence-corrected chi connectivity index (χ2v) is 4.09. The van der Waals surface area contributed by atoms with E-state index in [0.717, 1.165) is 11.5 Å². The van der Waals surface area contributed by atoms with Gasteiger partial charge in [-0.1, -0.05) is 13.8 Å². The second kappa shape index (κ2) is 6.13. The molecular weight excluding hydrogens is 220 g/mol. The molecule has 4 heteroatoms. The van der Waals surface area contributed by atoms with Crippen molar-refractivity contribution in [1.29, 1.82) is 0 Å². The van der Waals surface area contributed by atoms with Crippen LogP contribution in [0.1, 0.15) is 13.8 Å². The van der Waals surface area contributed by atoms with Crippen LogP contribution in [0.5, 0.6) is 11.5 Å². The molecule has 0 aliphatic rings. The van der Waals surface area contributed by atoms with Crippen LogP contribution in [0.3, 0.4) is 0 Å². The molecule has 1 aromatic carbocycles. The van der Waals surface area contributed by atoms with E-state index in [9.17, 15) is 4.79 Å². The van der Waals surface area contributed by atoms with Gasteiger partial charge in [0.15, 0.2) is 0 Å². The Kier molecular flexibility index (Phi) is 4.82. The molecule has 1 N–H and O–H groups in total. The van der Waals surface area contributed by atoms with E-state index >= 15 is 0 Å². The average Bonchev–Trinajstić information content (AvgIpc) is 2.35. The highest BCUT2D eigenvalue weighted by atomic mass is 16.5. The van der Waals surface area contributed by atoms with Gasteiger partial charge in [-0.3, -0.25) is 4.79 Å². The summed E-state index contributed by atoms with van der Waals surface area (Å²) in [5.41, 5.74) is 0. The SMILES string of the molecule is COc1ccc(OCC(C)C(C)C(=O)O)cc1. The van der Waals surface area contributed by atoms with Crippen molar-refractivity contribution in [2.24, 2.45) is 11.8 Å². The number of methoxy groups -OCH3 is 1. The Labute approximate surface area is 101 Å². The van der Waals surface area contributed by atoms with E-state index in [1.165, 1.54) is 0 Å². The van der Waals surface area contributed by atoms with Gasteiger partial charge < -0.3 is 14.6 Å². The molecule has 0 saturated carbocycles. The van der Waals surface area contributed by atoms with E-state index in [4.69, 9.17) is 14.6 Å². The van der Waals surface area contributed by atoms with Crippen LogP contribution >= 0.6 is 0 Å². The quantitative estimate of drug-likeness (QED) is 0.827. The van der Waals surface area contributed by atoms with E-state index in [1.54, 1.807) is 38.3 Å². The van der Waals surface area contributed by atoms with Gasteiger partial charge in [0.1, 0.15) is 11.5 Å². The lowest BCUT2D eigenvalue weighted by atomic mass is 9.97. The first-order valence-corrected chi connectivity index (χ1v) is 5.54. The molecule has 0 bridgehead atoms. The Balaban J connectivity index is 2.47. The molecule has 4 nitrogen and oxygen atoms in total. The summed E-state index contributed by atoms with van der Waals surface area (Å²) in [7, 11) is 1.60. The zero-order valence-corrected chi connectivity index (χ0v) is 10.3. The molecule has 0 heterocycles. The smallest absolute Gasteiger partial charge is 0.306 e. The van der Waals surface area contributed by atoms with Gasteiger partial charge in [0.2, 0.25) is 0 Å². The molecule has 0 aliphatic heterocycles. The van der Waals surface area contributed by atoms with Gasteiger partial charge in [0.25, 0.3) is 0 Å². The first kappa shape index (κ1) is 13.4. The summed E-state index contributed by atoms with van der Waals surface area (Å²) in [5, 5.41) is 8.85. The van der Waals surface area contributed by atoms with Crippen LogP contribution in [-0.4, -0.2) is 24.8 Å². The van der Waals surface area contributed by atoms with Crippen LogP contribution in [0.4, 0.5) is 0 Å². The Hall–Kier alpha value is -1.71. The Morgan fingerprint density at radius 3 is 2.24 bits per heavy atom. The lowest BCUT2D eigenvalue weighted by Crippen LogP contribution is -2.23. The summed E-state index contributed by atoms with van der Waals surface area (Å²) < 4.78 is 10.6. The summed E-state index contributed by atoms with van der Waals surface area (Å²) in [4.78, 5) is 10.8. The maximum Gasteiger partial charge on any atom is 0.306 e. The summed E-state index contributed by atoms with van der Waals surface area (Å²) in [5.74, 6) is 0.248. The van der Waals surface area contributed by atoms with Crippen molar-refractivity contribution < 1.29 is 19.4 Å². The van der Waals surface area contributed by atoms with Crippen molar-refractivity contribution in [3.8, 4) is 11.5 Å². The number of benzene rings is 1.